The van der Waals surface area contributed by atoms with Gasteiger partial charge in [0.1, 0.15) is 28.4 Å². The fraction of sp³-hybridized carbons (Fsp3) is 0.557. The number of fused-ring (bicyclic) bond motifs is 12. The molecule has 2 aliphatic carbocycles. The average Bonchev–Trinajstić information content (AvgIpc) is 1.48. The van der Waals surface area contributed by atoms with E-state index in [0.29, 0.717) is 120 Å². The van der Waals surface area contributed by atoms with Gasteiger partial charge in [0.25, 0.3) is 5.91 Å². The molecule has 19 atom stereocenters. The van der Waals surface area contributed by atoms with Gasteiger partial charge in [-0.1, -0.05) is 99.0 Å². The maximum Gasteiger partial charge on any atom is 0.344 e. The van der Waals surface area contributed by atoms with Crippen molar-refractivity contribution in [2.75, 3.05) is 118 Å². The molecule has 0 radical (unpaired) electrons. The second kappa shape index (κ2) is 27.3. The number of hydrogen-bond acceptors (Lipinski definition) is 21. The van der Waals surface area contributed by atoms with Crippen LogP contribution in [0.25, 0.3) is 21.8 Å². The summed E-state index contributed by atoms with van der Waals surface area (Å²) in [6, 6.07) is 22.3. The zero-order valence-corrected chi connectivity index (χ0v) is 66.6. The van der Waals surface area contributed by atoms with Crippen LogP contribution < -0.4 is 25.0 Å². The molecule has 112 heavy (non-hydrogen) atoms. The van der Waals surface area contributed by atoms with Crippen molar-refractivity contribution < 1.29 is 72.8 Å². The normalized spacial score (nSPS) is 35.8. The zero-order valence-electron chi connectivity index (χ0n) is 66.6. The molecule has 3 saturated heterocycles. The van der Waals surface area contributed by atoms with Gasteiger partial charge in [0.2, 0.25) is 5.60 Å². The number of aliphatic hydroxyl groups excluding tert-OH is 1. The molecule has 2 saturated carbocycles. The number of likely N-dealkylation sites (N-methyl/N-ethyl adjacent to an activating group) is 2. The Morgan fingerprint density at radius 2 is 1.12 bits per heavy atom. The Bertz CT molecular complexity index is 4970. The average molecular weight is 1530 g/mol. The van der Waals surface area contributed by atoms with Gasteiger partial charge in [-0.2, -0.15) is 0 Å². The Kier molecular flexibility index (Phi) is 18.5. The van der Waals surface area contributed by atoms with Crippen LogP contribution in [-0.2, 0) is 77.5 Å². The van der Waals surface area contributed by atoms with E-state index in [-0.39, 0.29) is 29.9 Å². The smallest absolute Gasteiger partial charge is 0.344 e. The molecule has 4 bridgehead atoms. The minimum absolute atomic E-state index is 0.0319. The van der Waals surface area contributed by atoms with Gasteiger partial charge in [-0.3, -0.25) is 38.8 Å². The molecule has 6 aromatic rings. The number of ether oxygens (including phenoxy) is 6. The third-order valence-electron chi connectivity index (χ3n) is 29.6. The van der Waals surface area contributed by atoms with Gasteiger partial charge in [0.15, 0.2) is 11.7 Å². The lowest BCUT2D eigenvalue weighted by atomic mass is 9.52. The van der Waals surface area contributed by atoms with Gasteiger partial charge < -0.3 is 74.3 Å². The summed E-state index contributed by atoms with van der Waals surface area (Å²) in [5.41, 5.74) is 9.90. The molecule has 24 nitrogen and oxygen atoms in total. The topological polar surface area (TPSA) is 299 Å². The van der Waals surface area contributed by atoms with Gasteiger partial charge >= 0.3 is 23.9 Å². The van der Waals surface area contributed by atoms with Crippen LogP contribution in [0.1, 0.15) is 137 Å². The number of methoxy groups -OCH3 is 5. The first-order valence-electron chi connectivity index (χ1n) is 40.4. The van der Waals surface area contributed by atoms with E-state index in [1.165, 1.54) is 33.8 Å². The van der Waals surface area contributed by atoms with E-state index in [2.05, 4.69) is 92.0 Å². The summed E-state index contributed by atoms with van der Waals surface area (Å²) in [6.45, 7) is 16.8. The Hall–Kier alpha value is -8.59. The van der Waals surface area contributed by atoms with Crippen LogP contribution in [0.3, 0.4) is 0 Å². The Labute approximate surface area is 654 Å². The number of rotatable bonds is 13. The van der Waals surface area contributed by atoms with Gasteiger partial charge in [-0.15, -0.1) is 0 Å². The number of nitrogens with zero attached hydrogens (tertiary/aromatic N) is 6. The van der Waals surface area contributed by atoms with Gasteiger partial charge in [0.05, 0.1) is 53.2 Å². The van der Waals surface area contributed by atoms with Crippen molar-refractivity contribution in [3.8, 4) is 11.5 Å². The lowest BCUT2D eigenvalue weighted by molar-refractivity contribution is -0.212. The Morgan fingerprint density at radius 3 is 1.65 bits per heavy atom. The first kappa shape index (κ1) is 76.1. The molecule has 2 spiro atoms. The highest BCUT2D eigenvalue weighted by Crippen LogP contribution is 2.68. The van der Waals surface area contributed by atoms with Crippen LogP contribution in [0.15, 0.2) is 108 Å². The third kappa shape index (κ3) is 10.3. The predicted octanol–water partition coefficient (Wildman–Crippen LogP) is 7.49. The number of nitrogens with two attached hydrogens (primary N) is 1. The molecule has 4 aromatic carbocycles. The first-order valence-corrected chi connectivity index (χ1v) is 40.4. The standard InChI is InChI=1S/C45H54N4O8.C43H55N5O7/c1-8-26-18-27-21-44(41(51)55-6,37-30(24-48(22-26)23-27)29-12-10-11-13-33(29)46-37)32-19-31-34(20-35(32)54-5)47(4)40-43(31)15-17-49-16-14-28(9-2)36(38(43)49)39(57-25(3)50)45(40,53)42(52)56-7;1-6-25-12-16-48-17-14-41-28-18-29(32(54-4)19-31(28)46(3)37(41)43(53,38(44)50)36(49)33(25)35(41)48)42(39(51)55-5)21-24-20-40(52,7-2)23-47(22-24)15-13-27-26-10-8-9-11-30(26)45-34(27)42/h10-14,18-20,27,36,38-40,46,53H,8-9,15-17,21-24H2,1-7H3;8-12,18-19,24,33,35-37,45,49,52-53H,6-7,13-17,20-23H2,1-5H3,(H2,44,50)/t27?,36?,38-,39+,40+,43+,44-,45+;24?,33?,35-,36+,37+,40?,41+,42-,43+/m00/s1. The summed E-state index contributed by atoms with van der Waals surface area (Å²) in [4.78, 5) is 92.2. The summed E-state index contributed by atoms with van der Waals surface area (Å²) < 4.78 is 36.0. The quantitative estimate of drug-likeness (QED) is 0.0335. The van der Waals surface area contributed by atoms with Crippen LogP contribution >= 0.6 is 0 Å². The Morgan fingerprint density at radius 1 is 0.598 bits per heavy atom. The molecule has 8 N–H and O–H groups in total. The molecule has 5 fully saturated rings. The third-order valence-corrected chi connectivity index (χ3v) is 29.6. The minimum Gasteiger partial charge on any atom is -0.496 e. The van der Waals surface area contributed by atoms with Crippen LogP contribution in [0.5, 0.6) is 11.5 Å². The molecule has 7 unspecified atom stereocenters. The predicted molar refractivity (Wildman–Crippen MR) is 422 cm³/mol. The number of esters is 4. The monoisotopic (exact) mass is 1530 g/mol. The number of nitrogens with one attached hydrogen (secondary N) is 2. The molecule has 1 amide bonds. The summed E-state index contributed by atoms with van der Waals surface area (Å²) in [5.74, 6) is -3.29. The van der Waals surface area contributed by atoms with Crippen LogP contribution in [-0.4, -0.2) is 242 Å². The van der Waals surface area contributed by atoms with Crippen molar-refractivity contribution in [2.24, 2.45) is 29.4 Å². The number of anilines is 2. The van der Waals surface area contributed by atoms with Crippen molar-refractivity contribution in [2.45, 2.75) is 180 Å². The van der Waals surface area contributed by atoms with Crippen molar-refractivity contribution in [3.63, 3.8) is 0 Å². The number of primary amides is 1. The Balaban J connectivity index is 0.000000163. The van der Waals surface area contributed by atoms with Crippen molar-refractivity contribution in [1.29, 1.82) is 0 Å². The van der Waals surface area contributed by atoms with E-state index in [9.17, 15) is 34.8 Å². The molecular formula is C88H109N9O15. The second-order valence-corrected chi connectivity index (χ2v) is 34.4. The van der Waals surface area contributed by atoms with Crippen molar-refractivity contribution >= 4 is 63.0 Å². The number of aromatic nitrogens is 2. The number of benzene rings is 4. The first-order chi connectivity index (χ1) is 53.7. The van der Waals surface area contributed by atoms with Crippen LogP contribution in [0.2, 0.25) is 0 Å². The SMILES string of the molecule is CCC1=CC2CN(C1)Cc1c([nH]c3ccccc13)[C@@](C(=O)OC)(c1cc3c(cc1OC)N(C)[C@H]1[C@@](O)(C(=O)OC)[C@H](OC(C)=O)C4C(CC)=CCN5CC[C@]31[C@H]45)C2.CCC1=CCN2CC[C@]34c5cc([C@@]6(C(=O)OC)CC7CN(CCc8c6[nH]c6ccccc86)CC(O)(CC)C7)c(OC)cc5N(C)[C@H]3[C@@](O)(C(N)=O)[C@H](O)C1[C@H]24. The number of carbonyl (C=O) groups excluding carboxylic acids is 5. The van der Waals surface area contributed by atoms with Crippen LogP contribution in [0, 0.1) is 23.7 Å². The number of para-hydroxylation sites is 2. The van der Waals surface area contributed by atoms with Crippen molar-refractivity contribution in [1.82, 2.24) is 29.6 Å². The number of hydrogen-bond donors (Lipinski definition) is 7. The molecule has 18 rings (SSSR count). The summed E-state index contributed by atoms with van der Waals surface area (Å²) in [5, 5.41) is 52.0. The van der Waals surface area contributed by atoms with Gasteiger partial charge in [-0.05, 0) is 136 Å². The maximum atomic E-state index is 15.2. The lowest BCUT2D eigenvalue weighted by Gasteiger charge is -2.59. The highest BCUT2D eigenvalue weighted by atomic mass is 16.6. The summed E-state index contributed by atoms with van der Waals surface area (Å²) in [7, 11) is 11.1. The molecular weight excluding hydrogens is 1420 g/mol. The molecule has 2 aromatic heterocycles. The van der Waals surface area contributed by atoms with Crippen LogP contribution in [0.4, 0.5) is 11.4 Å². The van der Waals surface area contributed by atoms with E-state index in [4.69, 9.17) is 34.2 Å². The van der Waals surface area contributed by atoms with Crippen molar-refractivity contribution in [3.05, 3.63) is 153 Å². The van der Waals surface area contributed by atoms with E-state index in [1.54, 1.807) is 14.2 Å². The van der Waals surface area contributed by atoms with E-state index in [0.717, 1.165) is 111 Å². The number of carbonyl (C=O) groups is 5. The second-order valence-electron chi connectivity index (χ2n) is 34.4. The highest BCUT2D eigenvalue weighted by Gasteiger charge is 2.79. The van der Waals surface area contributed by atoms with Gasteiger partial charge in [0, 0.05) is 176 Å². The fourth-order valence-electron chi connectivity index (χ4n) is 25.4. The van der Waals surface area contributed by atoms with E-state index < -0.39 is 98.4 Å². The molecule has 10 aliphatic heterocycles. The molecule has 12 aliphatic rings. The molecule has 12 heterocycles. The number of H-pyrrole nitrogens is 2. The molecule has 596 valence electrons. The fourth-order valence-corrected chi connectivity index (χ4v) is 25.4. The van der Waals surface area contributed by atoms with E-state index in [1.807, 2.05) is 80.2 Å². The summed E-state index contributed by atoms with van der Waals surface area (Å²) in [6.07, 6.45) is 10.1. The number of piperidine rings is 1. The van der Waals surface area contributed by atoms with Gasteiger partial charge in [-0.25, -0.2) is 4.79 Å². The number of amides is 1. The minimum atomic E-state index is -2.28. The largest absolute Gasteiger partial charge is 0.496 e. The van der Waals surface area contributed by atoms with E-state index >= 15 is 9.59 Å². The summed E-state index contributed by atoms with van der Waals surface area (Å²) >= 11 is 0. The number of aliphatic hydroxyl groups is 4. The maximum absolute atomic E-state index is 15.2. The zero-order chi connectivity index (χ0) is 79.0. The highest BCUT2D eigenvalue weighted by molar-refractivity contribution is 5.97. The lowest BCUT2D eigenvalue weighted by Crippen LogP contribution is -2.78. The molecule has 24 heteroatoms. The number of aromatic amines is 2.